The van der Waals surface area contributed by atoms with Gasteiger partial charge in [0.2, 0.25) is 0 Å². The van der Waals surface area contributed by atoms with Crippen LogP contribution in [0.5, 0.6) is 0 Å². The van der Waals surface area contributed by atoms with E-state index in [1.54, 1.807) is 21.6 Å². The van der Waals surface area contributed by atoms with Crippen LogP contribution in [0.4, 0.5) is 0 Å². The Morgan fingerprint density at radius 3 is 2.55 bits per heavy atom. The number of pyridine rings is 1. The zero-order valence-electron chi connectivity index (χ0n) is 22.9. The van der Waals surface area contributed by atoms with Crippen LogP contribution in [0.15, 0.2) is 59.9 Å². The summed E-state index contributed by atoms with van der Waals surface area (Å²) < 4.78 is 9.93. The number of ether oxygens (including phenoxy) is 1. The normalized spacial score (nSPS) is 11.3. The number of imidazole rings is 1. The first-order valence-corrected chi connectivity index (χ1v) is 13.2. The third kappa shape index (κ3) is 5.07. The third-order valence-electron chi connectivity index (χ3n) is 6.79. The average molecular weight is 542 g/mol. The molecule has 0 aliphatic rings. The van der Waals surface area contributed by atoms with E-state index in [-0.39, 0.29) is 17.3 Å². The van der Waals surface area contributed by atoms with Crippen LogP contribution in [0.3, 0.4) is 0 Å². The third-order valence-corrected chi connectivity index (χ3v) is 6.79. The lowest BCUT2D eigenvalue weighted by Gasteiger charge is -2.13. The second-order valence-electron chi connectivity index (χ2n) is 9.73. The molecule has 5 aromatic rings. The maximum atomic E-state index is 14.0. The highest BCUT2D eigenvalue weighted by Crippen LogP contribution is 2.27. The van der Waals surface area contributed by atoms with Crippen molar-refractivity contribution >= 4 is 5.97 Å². The number of H-pyrrole nitrogens is 1. The molecule has 0 bridgehead atoms. The van der Waals surface area contributed by atoms with Gasteiger partial charge in [-0.25, -0.2) is 19.4 Å². The van der Waals surface area contributed by atoms with Crippen LogP contribution in [0.1, 0.15) is 61.3 Å². The summed E-state index contributed by atoms with van der Waals surface area (Å²) in [5.74, 6) is 0.435. The molecule has 5 rings (SSSR count). The Labute approximate surface area is 230 Å². The van der Waals surface area contributed by atoms with Crippen LogP contribution in [0, 0.1) is 0 Å². The van der Waals surface area contributed by atoms with Crippen molar-refractivity contribution in [2.24, 2.45) is 0 Å². The number of carbonyl (C=O) groups excluding carboxylic acids is 1. The maximum Gasteiger partial charge on any atom is 0.343 e. The monoisotopic (exact) mass is 541 g/mol. The van der Waals surface area contributed by atoms with Crippen molar-refractivity contribution in [3.05, 3.63) is 82.4 Å². The summed E-state index contributed by atoms with van der Waals surface area (Å²) in [6.45, 7) is 6.32. The summed E-state index contributed by atoms with van der Waals surface area (Å²) in [6, 6.07) is 9.73. The van der Waals surface area contributed by atoms with E-state index in [0.717, 1.165) is 40.8 Å². The minimum absolute atomic E-state index is 0.0802. The molecular weight excluding hydrogens is 510 g/mol. The number of esters is 1. The van der Waals surface area contributed by atoms with Crippen molar-refractivity contribution in [1.82, 2.24) is 44.5 Å². The van der Waals surface area contributed by atoms with Gasteiger partial charge in [-0.15, -0.1) is 5.10 Å². The molecule has 0 fully saturated rings. The fourth-order valence-electron chi connectivity index (χ4n) is 4.73. The van der Waals surface area contributed by atoms with Crippen molar-refractivity contribution in [3.63, 3.8) is 0 Å². The largest absolute Gasteiger partial charge is 0.465 e. The predicted octanol–water partition coefficient (Wildman–Crippen LogP) is 3.84. The zero-order valence-corrected chi connectivity index (χ0v) is 22.9. The maximum absolute atomic E-state index is 14.0. The average Bonchev–Trinajstić information content (AvgIpc) is 3.72. The molecule has 4 aromatic heterocycles. The number of nitrogens with zero attached hydrogens (tertiary/aromatic N) is 8. The molecule has 0 amide bonds. The molecule has 0 aliphatic heterocycles. The van der Waals surface area contributed by atoms with Gasteiger partial charge in [0.05, 0.1) is 19.9 Å². The van der Waals surface area contributed by atoms with Gasteiger partial charge >= 0.3 is 11.7 Å². The van der Waals surface area contributed by atoms with Gasteiger partial charge in [0.1, 0.15) is 5.56 Å². The highest BCUT2D eigenvalue weighted by Gasteiger charge is 2.25. The number of hydrogen-bond donors (Lipinski definition) is 1. The van der Waals surface area contributed by atoms with Crippen molar-refractivity contribution in [1.29, 1.82) is 0 Å². The first-order valence-electron chi connectivity index (χ1n) is 13.2. The summed E-state index contributed by atoms with van der Waals surface area (Å²) in [5.41, 5.74) is 4.52. The van der Waals surface area contributed by atoms with Crippen molar-refractivity contribution in [3.8, 4) is 28.3 Å². The van der Waals surface area contributed by atoms with E-state index in [0.29, 0.717) is 24.6 Å². The highest BCUT2D eigenvalue weighted by molar-refractivity contribution is 5.92. The molecule has 0 saturated carbocycles. The molecule has 40 heavy (non-hydrogen) atoms. The number of aromatic nitrogens is 9. The highest BCUT2D eigenvalue weighted by atomic mass is 16.5. The summed E-state index contributed by atoms with van der Waals surface area (Å²) in [5, 5.41) is 18.4. The van der Waals surface area contributed by atoms with Crippen LogP contribution in [0.2, 0.25) is 0 Å². The van der Waals surface area contributed by atoms with Crippen molar-refractivity contribution < 1.29 is 9.53 Å². The van der Waals surface area contributed by atoms with E-state index in [1.165, 1.54) is 17.9 Å². The van der Waals surface area contributed by atoms with Gasteiger partial charge in [-0.05, 0) is 59.9 Å². The number of methoxy groups -OCH3 is 1. The minimum atomic E-state index is -0.546. The van der Waals surface area contributed by atoms with Gasteiger partial charge in [-0.1, -0.05) is 37.6 Å². The quantitative estimate of drug-likeness (QED) is 0.263. The molecule has 0 spiro atoms. The lowest BCUT2D eigenvalue weighted by molar-refractivity contribution is 0.0600. The van der Waals surface area contributed by atoms with Gasteiger partial charge in [0.15, 0.2) is 11.6 Å². The zero-order chi connectivity index (χ0) is 28.2. The van der Waals surface area contributed by atoms with Crippen LogP contribution in [-0.4, -0.2) is 57.6 Å². The molecule has 0 unspecified atom stereocenters. The first kappa shape index (κ1) is 26.7. The Balaban J connectivity index is 1.58. The lowest BCUT2D eigenvalue weighted by atomic mass is 10.00. The molecule has 206 valence electrons. The number of rotatable bonds is 10. The number of aryl methyl sites for hydroxylation is 1. The van der Waals surface area contributed by atoms with Crippen molar-refractivity contribution in [2.75, 3.05) is 7.11 Å². The summed E-state index contributed by atoms with van der Waals surface area (Å²) >= 11 is 0. The molecule has 1 N–H and O–H groups in total. The molecular formula is C28H31N9O3. The Bertz CT molecular complexity index is 1660. The second kappa shape index (κ2) is 11.5. The van der Waals surface area contributed by atoms with Gasteiger partial charge < -0.3 is 4.74 Å². The Morgan fingerprint density at radius 1 is 1.10 bits per heavy atom. The fraction of sp³-hybridized carbons (Fsp3) is 0.321. The second-order valence-corrected chi connectivity index (χ2v) is 9.73. The summed E-state index contributed by atoms with van der Waals surface area (Å²) in [6.07, 6.45) is 9.39. The molecule has 0 radical (unpaired) electrons. The van der Waals surface area contributed by atoms with E-state index >= 15 is 0 Å². The predicted molar refractivity (Wildman–Crippen MR) is 148 cm³/mol. The molecule has 0 saturated heterocycles. The Morgan fingerprint density at radius 2 is 1.88 bits per heavy atom. The van der Waals surface area contributed by atoms with Gasteiger partial charge in [0.25, 0.3) is 0 Å². The van der Waals surface area contributed by atoms with Crippen LogP contribution >= 0.6 is 0 Å². The Kier molecular flexibility index (Phi) is 7.67. The van der Waals surface area contributed by atoms with Gasteiger partial charge in [-0.2, -0.15) is 5.10 Å². The Hall–Kier alpha value is -4.87. The summed E-state index contributed by atoms with van der Waals surface area (Å²) in [4.78, 5) is 31.0. The summed E-state index contributed by atoms with van der Waals surface area (Å²) in [7, 11) is 1.32. The first-order chi connectivity index (χ1) is 19.4. The number of aromatic amines is 1. The van der Waals surface area contributed by atoms with E-state index in [9.17, 15) is 9.59 Å². The molecule has 12 heteroatoms. The minimum Gasteiger partial charge on any atom is -0.465 e. The number of tetrazole rings is 1. The van der Waals surface area contributed by atoms with Crippen LogP contribution < -0.4 is 5.69 Å². The number of benzene rings is 1. The topological polar surface area (TPSA) is 138 Å². The number of nitrogens with one attached hydrogen (secondary N) is 1. The van der Waals surface area contributed by atoms with Crippen molar-refractivity contribution in [2.45, 2.75) is 52.6 Å². The van der Waals surface area contributed by atoms with E-state index in [1.807, 2.05) is 50.4 Å². The van der Waals surface area contributed by atoms with E-state index in [2.05, 4.69) is 37.6 Å². The van der Waals surface area contributed by atoms with Gasteiger partial charge in [0, 0.05) is 35.9 Å². The number of hydrogen-bond acceptors (Lipinski definition) is 8. The fourth-order valence-corrected chi connectivity index (χ4v) is 4.73. The van der Waals surface area contributed by atoms with E-state index in [4.69, 9.17) is 4.74 Å². The number of carbonyl (C=O) groups is 1. The smallest absolute Gasteiger partial charge is 0.343 e. The molecule has 0 atom stereocenters. The molecule has 4 heterocycles. The molecule has 1 aromatic carbocycles. The van der Waals surface area contributed by atoms with E-state index < -0.39 is 5.97 Å². The number of unbranched alkanes of at least 4 members (excludes halogenated alkanes) is 1. The SMILES string of the molecule is CCCCc1cn(-c2c(C(=O)OC)cnn2C(C)C)c(=O)n1Cc1cnccc1-c1ccc(-c2nnn[nH]2)cc1. The van der Waals surface area contributed by atoms with Crippen LogP contribution in [-0.2, 0) is 17.7 Å². The van der Waals surface area contributed by atoms with Crippen LogP contribution in [0.25, 0.3) is 28.3 Å². The van der Waals surface area contributed by atoms with Gasteiger partial charge in [-0.3, -0.25) is 14.1 Å². The lowest BCUT2D eigenvalue weighted by Crippen LogP contribution is -2.27. The molecule has 12 nitrogen and oxygen atoms in total. The standard InChI is InChI=1S/C28H31N9O3/c1-5-6-7-22-17-36(26-24(27(38)40-4)15-30-37(26)18(2)3)28(39)35(22)16-21-14-29-13-12-23(21)19-8-10-20(11-9-19)25-31-33-34-32-25/h8-15,17-18H,5-7,16H2,1-4H3,(H,31,32,33,34). The molecule has 0 aliphatic carbocycles.